The molecule has 17 heavy (non-hydrogen) atoms. The minimum absolute atomic E-state index is 0.251. The van der Waals surface area contributed by atoms with Gasteiger partial charge in [-0.3, -0.25) is 0 Å². The molecule has 2 N–H and O–H groups in total. The first-order valence-corrected chi connectivity index (χ1v) is 6.27. The Bertz CT molecular complexity index is 482. The van der Waals surface area contributed by atoms with Crippen molar-refractivity contribution in [3.05, 3.63) is 57.8 Å². The van der Waals surface area contributed by atoms with E-state index >= 15 is 0 Å². The average molecular weight is 253 g/mol. The van der Waals surface area contributed by atoms with Crippen LogP contribution in [0.25, 0.3) is 0 Å². The van der Waals surface area contributed by atoms with Crippen LogP contribution in [0.4, 0.5) is 8.78 Å². The number of thiophene rings is 1. The lowest BCUT2D eigenvalue weighted by molar-refractivity contribution is 0.549. The Hall–Kier alpha value is -1.26. The van der Waals surface area contributed by atoms with Crippen LogP contribution in [0.15, 0.2) is 35.7 Å². The molecule has 90 valence electrons. The number of rotatable bonds is 4. The van der Waals surface area contributed by atoms with E-state index in [-0.39, 0.29) is 5.56 Å². The summed E-state index contributed by atoms with van der Waals surface area (Å²) in [7, 11) is 0. The van der Waals surface area contributed by atoms with E-state index in [1.807, 2.05) is 17.5 Å². The largest absolute Gasteiger partial charge is 0.324 e. The molecule has 0 spiro atoms. The summed E-state index contributed by atoms with van der Waals surface area (Å²) in [6.07, 6.45) is 1.40. The summed E-state index contributed by atoms with van der Waals surface area (Å²) in [5.74, 6) is -0.891. The van der Waals surface area contributed by atoms with Gasteiger partial charge in [-0.05, 0) is 42.5 Å². The van der Waals surface area contributed by atoms with Gasteiger partial charge in [0.25, 0.3) is 0 Å². The average Bonchev–Trinajstić information content (AvgIpc) is 2.82. The molecule has 0 aliphatic rings. The van der Waals surface area contributed by atoms with Crippen molar-refractivity contribution in [2.24, 2.45) is 5.73 Å². The highest BCUT2D eigenvalue weighted by molar-refractivity contribution is 7.09. The van der Waals surface area contributed by atoms with E-state index in [2.05, 4.69) is 0 Å². The van der Waals surface area contributed by atoms with Crippen molar-refractivity contribution in [3.8, 4) is 0 Å². The van der Waals surface area contributed by atoms with Gasteiger partial charge in [-0.2, -0.15) is 0 Å². The standard InChI is InChI=1S/C13H13F2NS/c14-9-3-5-12(15)11(8-9)13(16)6-4-10-2-1-7-17-10/h1-3,5,7-8,13H,4,6,16H2. The first kappa shape index (κ1) is 12.2. The fraction of sp³-hybridized carbons (Fsp3) is 0.231. The molecule has 0 aliphatic heterocycles. The lowest BCUT2D eigenvalue weighted by atomic mass is 10.0. The minimum Gasteiger partial charge on any atom is -0.324 e. The van der Waals surface area contributed by atoms with E-state index in [0.717, 1.165) is 18.6 Å². The summed E-state index contributed by atoms with van der Waals surface area (Å²) in [6, 6.07) is 6.91. The molecule has 0 saturated carbocycles. The summed E-state index contributed by atoms with van der Waals surface area (Å²) in [5.41, 5.74) is 6.13. The molecule has 1 atom stereocenters. The van der Waals surface area contributed by atoms with Crippen LogP contribution in [0.3, 0.4) is 0 Å². The van der Waals surface area contributed by atoms with Crippen LogP contribution in [0, 0.1) is 11.6 Å². The number of halogens is 2. The molecule has 0 saturated heterocycles. The van der Waals surface area contributed by atoms with Crippen LogP contribution in [-0.4, -0.2) is 0 Å². The molecular formula is C13H13F2NS. The second-order valence-electron chi connectivity index (χ2n) is 3.89. The summed E-state index contributed by atoms with van der Waals surface area (Å²) in [6.45, 7) is 0. The first-order chi connectivity index (χ1) is 8.16. The van der Waals surface area contributed by atoms with E-state index in [1.165, 1.54) is 10.9 Å². The number of hydrogen-bond acceptors (Lipinski definition) is 2. The van der Waals surface area contributed by atoms with Crippen molar-refractivity contribution in [2.75, 3.05) is 0 Å². The van der Waals surface area contributed by atoms with Crippen molar-refractivity contribution in [1.82, 2.24) is 0 Å². The maximum absolute atomic E-state index is 13.4. The van der Waals surface area contributed by atoms with Crippen molar-refractivity contribution in [3.63, 3.8) is 0 Å². The van der Waals surface area contributed by atoms with Gasteiger partial charge in [-0.1, -0.05) is 6.07 Å². The molecule has 1 aromatic heterocycles. The summed E-state index contributed by atoms with van der Waals surface area (Å²) in [5, 5.41) is 1.99. The Kier molecular flexibility index (Phi) is 3.86. The smallest absolute Gasteiger partial charge is 0.128 e. The maximum Gasteiger partial charge on any atom is 0.128 e. The van der Waals surface area contributed by atoms with Crippen molar-refractivity contribution in [1.29, 1.82) is 0 Å². The number of hydrogen-bond donors (Lipinski definition) is 1. The molecule has 2 rings (SSSR count). The number of nitrogens with two attached hydrogens (primary N) is 1. The van der Waals surface area contributed by atoms with Crippen LogP contribution in [-0.2, 0) is 6.42 Å². The zero-order valence-electron chi connectivity index (χ0n) is 9.20. The highest BCUT2D eigenvalue weighted by atomic mass is 32.1. The van der Waals surface area contributed by atoms with Crippen LogP contribution in [0.2, 0.25) is 0 Å². The van der Waals surface area contributed by atoms with Gasteiger partial charge in [-0.15, -0.1) is 11.3 Å². The van der Waals surface area contributed by atoms with E-state index in [1.54, 1.807) is 11.3 Å². The Morgan fingerprint density at radius 2 is 2.06 bits per heavy atom. The molecule has 0 aliphatic carbocycles. The first-order valence-electron chi connectivity index (χ1n) is 5.39. The molecule has 1 nitrogen and oxygen atoms in total. The number of aryl methyl sites for hydroxylation is 1. The van der Waals surface area contributed by atoms with Gasteiger partial charge in [0.1, 0.15) is 11.6 Å². The third kappa shape index (κ3) is 3.11. The Balaban J connectivity index is 2.04. The SMILES string of the molecule is NC(CCc1cccs1)c1cc(F)ccc1F. The van der Waals surface area contributed by atoms with Gasteiger partial charge in [0.15, 0.2) is 0 Å². The quantitative estimate of drug-likeness (QED) is 0.884. The molecule has 0 bridgehead atoms. The molecular weight excluding hydrogens is 240 g/mol. The van der Waals surface area contributed by atoms with Crippen LogP contribution in [0.1, 0.15) is 22.9 Å². The number of benzene rings is 1. The van der Waals surface area contributed by atoms with Gasteiger partial charge < -0.3 is 5.73 Å². The summed E-state index contributed by atoms with van der Waals surface area (Å²) >= 11 is 1.64. The van der Waals surface area contributed by atoms with Crippen molar-refractivity contribution in [2.45, 2.75) is 18.9 Å². The van der Waals surface area contributed by atoms with E-state index < -0.39 is 17.7 Å². The van der Waals surface area contributed by atoms with Gasteiger partial charge in [-0.25, -0.2) is 8.78 Å². The van der Waals surface area contributed by atoms with Gasteiger partial charge in [0.05, 0.1) is 0 Å². The van der Waals surface area contributed by atoms with Gasteiger partial charge in [0, 0.05) is 16.5 Å². The fourth-order valence-electron chi connectivity index (χ4n) is 1.71. The molecule has 4 heteroatoms. The van der Waals surface area contributed by atoms with Crippen molar-refractivity contribution < 1.29 is 8.78 Å². The van der Waals surface area contributed by atoms with Gasteiger partial charge >= 0.3 is 0 Å². The Labute approximate surface area is 103 Å². The zero-order valence-corrected chi connectivity index (χ0v) is 10.0. The third-order valence-corrected chi connectivity index (χ3v) is 3.58. The fourth-order valence-corrected chi connectivity index (χ4v) is 2.43. The summed E-state index contributed by atoms with van der Waals surface area (Å²) in [4.78, 5) is 1.21. The van der Waals surface area contributed by atoms with E-state index in [0.29, 0.717) is 6.42 Å². The highest BCUT2D eigenvalue weighted by Gasteiger charge is 2.12. The van der Waals surface area contributed by atoms with Crippen LogP contribution in [0.5, 0.6) is 0 Å². The topological polar surface area (TPSA) is 26.0 Å². The monoisotopic (exact) mass is 253 g/mol. The third-order valence-electron chi connectivity index (χ3n) is 2.64. The minimum atomic E-state index is -0.465. The molecule has 0 amide bonds. The van der Waals surface area contributed by atoms with Crippen LogP contribution < -0.4 is 5.73 Å². The maximum atomic E-state index is 13.4. The molecule has 1 aromatic carbocycles. The predicted molar refractivity (Wildman–Crippen MR) is 65.9 cm³/mol. The predicted octanol–water partition coefficient (Wildman–Crippen LogP) is 3.66. The van der Waals surface area contributed by atoms with Gasteiger partial charge in [0.2, 0.25) is 0 Å². The van der Waals surface area contributed by atoms with E-state index in [9.17, 15) is 8.78 Å². The Morgan fingerprint density at radius 3 is 2.76 bits per heavy atom. The second-order valence-corrected chi connectivity index (χ2v) is 4.92. The molecule has 2 aromatic rings. The molecule has 1 heterocycles. The normalized spacial score (nSPS) is 12.6. The van der Waals surface area contributed by atoms with Crippen molar-refractivity contribution >= 4 is 11.3 Å². The highest BCUT2D eigenvalue weighted by Crippen LogP contribution is 2.22. The molecule has 0 fully saturated rings. The van der Waals surface area contributed by atoms with E-state index in [4.69, 9.17) is 5.73 Å². The lowest BCUT2D eigenvalue weighted by Gasteiger charge is -2.12. The van der Waals surface area contributed by atoms with Crippen LogP contribution >= 0.6 is 11.3 Å². The molecule has 1 unspecified atom stereocenters. The summed E-state index contributed by atoms with van der Waals surface area (Å²) < 4.78 is 26.4. The molecule has 0 radical (unpaired) electrons. The second kappa shape index (κ2) is 5.38. The lowest BCUT2D eigenvalue weighted by Crippen LogP contribution is -2.13. The Morgan fingerprint density at radius 1 is 1.24 bits per heavy atom. The zero-order chi connectivity index (χ0) is 12.3.